The van der Waals surface area contributed by atoms with Crippen molar-refractivity contribution >= 4 is 17.8 Å². The molecule has 1 aliphatic heterocycles. The third kappa shape index (κ3) is 4.12. The van der Waals surface area contributed by atoms with Gasteiger partial charge in [-0.3, -0.25) is 14.5 Å². The number of nitrogens with one attached hydrogen (secondary N) is 1. The molecule has 0 aromatic carbocycles. The second-order valence-electron chi connectivity index (χ2n) is 5.08. The van der Waals surface area contributed by atoms with Crippen LogP contribution in [0.25, 0.3) is 0 Å². The van der Waals surface area contributed by atoms with Crippen molar-refractivity contribution in [3.8, 4) is 0 Å². The second-order valence-corrected chi connectivity index (χ2v) is 5.08. The lowest BCUT2D eigenvalue weighted by Gasteiger charge is -2.21. The Morgan fingerprint density at radius 3 is 2.59 bits per heavy atom. The van der Waals surface area contributed by atoms with Gasteiger partial charge in [-0.25, -0.2) is 9.97 Å². The minimum atomic E-state index is -0.956. The first kappa shape index (κ1) is 16.1. The average molecular weight is 309 g/mol. The lowest BCUT2D eigenvalue weighted by molar-refractivity contribution is -0.138. The molecule has 22 heavy (non-hydrogen) atoms. The van der Waals surface area contributed by atoms with Crippen molar-refractivity contribution < 1.29 is 19.8 Å². The number of amides is 1. The van der Waals surface area contributed by atoms with Gasteiger partial charge in [0.2, 0.25) is 5.95 Å². The Labute approximate surface area is 127 Å². The van der Waals surface area contributed by atoms with E-state index in [0.717, 1.165) is 0 Å². The van der Waals surface area contributed by atoms with Gasteiger partial charge in [0, 0.05) is 45.6 Å². The zero-order chi connectivity index (χ0) is 16.1. The van der Waals surface area contributed by atoms with Gasteiger partial charge < -0.3 is 20.4 Å². The highest BCUT2D eigenvalue weighted by molar-refractivity contribution is 5.93. The summed E-state index contributed by atoms with van der Waals surface area (Å²) in [6.07, 6.45) is 2.06. The maximum Gasteiger partial charge on any atom is 0.317 e. The summed E-state index contributed by atoms with van der Waals surface area (Å²) < 4.78 is 0. The predicted molar refractivity (Wildman–Crippen MR) is 77.6 cm³/mol. The highest BCUT2D eigenvalue weighted by Gasteiger charge is 2.26. The third-order valence-electron chi connectivity index (χ3n) is 3.35. The number of hydrogen-bond donors (Lipinski definition) is 3. The van der Waals surface area contributed by atoms with Crippen molar-refractivity contribution in [2.24, 2.45) is 0 Å². The van der Waals surface area contributed by atoms with Crippen LogP contribution in [0.1, 0.15) is 10.4 Å². The maximum absolute atomic E-state index is 12.4. The van der Waals surface area contributed by atoms with Crippen LogP contribution in [0, 0.1) is 0 Å². The number of β-amino-alcohol motifs (C(OH)–C–C–N with tert-alkyl or cyclic N) is 1. The van der Waals surface area contributed by atoms with Crippen molar-refractivity contribution in [3.05, 3.63) is 18.0 Å². The maximum atomic E-state index is 12.4. The van der Waals surface area contributed by atoms with Gasteiger partial charge in [0.15, 0.2) is 0 Å². The van der Waals surface area contributed by atoms with Crippen LogP contribution >= 0.6 is 0 Å². The monoisotopic (exact) mass is 309 g/mol. The molecule has 1 aliphatic rings. The number of carbonyl (C=O) groups is 2. The molecule has 1 atom stereocenters. The number of hydrogen-bond acceptors (Lipinski definition) is 7. The minimum absolute atomic E-state index is 0.154. The Balaban J connectivity index is 2.04. The molecule has 1 aromatic heterocycles. The molecule has 1 amide bonds. The largest absolute Gasteiger partial charge is 0.480 e. The molecule has 0 bridgehead atoms. The van der Waals surface area contributed by atoms with Crippen LogP contribution in [-0.4, -0.2) is 87.7 Å². The van der Waals surface area contributed by atoms with E-state index in [1.165, 1.54) is 17.3 Å². The topological polar surface area (TPSA) is 119 Å². The molecular formula is C13H19N5O4. The number of carboxylic acids is 1. The number of carboxylic acid groups (broad SMARTS) is 1. The number of aliphatic hydroxyl groups excluding tert-OH is 1. The highest BCUT2D eigenvalue weighted by atomic mass is 16.4. The van der Waals surface area contributed by atoms with Gasteiger partial charge in [-0.1, -0.05) is 0 Å². The first-order chi connectivity index (χ1) is 10.5. The normalized spacial score (nSPS) is 19.5. The van der Waals surface area contributed by atoms with Gasteiger partial charge in [-0.05, 0) is 0 Å². The Morgan fingerprint density at radius 2 is 2.00 bits per heavy atom. The van der Waals surface area contributed by atoms with Gasteiger partial charge in [-0.15, -0.1) is 0 Å². The van der Waals surface area contributed by atoms with E-state index in [4.69, 9.17) is 5.11 Å². The van der Waals surface area contributed by atoms with E-state index in [1.54, 1.807) is 11.9 Å². The van der Waals surface area contributed by atoms with E-state index in [9.17, 15) is 14.7 Å². The SMILES string of the molecule is CNc1ncc(C(=O)N2CCN(CC(=O)O)C[C@@H](O)C2)cn1. The summed E-state index contributed by atoms with van der Waals surface area (Å²) in [6, 6.07) is 0. The number of aliphatic hydroxyl groups is 1. The second kappa shape index (κ2) is 7.14. The molecule has 2 heterocycles. The molecule has 120 valence electrons. The van der Waals surface area contributed by atoms with Crippen molar-refractivity contribution in [1.82, 2.24) is 19.8 Å². The molecule has 0 unspecified atom stereocenters. The summed E-state index contributed by atoms with van der Waals surface area (Å²) in [5.74, 6) is -0.818. The van der Waals surface area contributed by atoms with Crippen molar-refractivity contribution in [2.75, 3.05) is 45.1 Å². The van der Waals surface area contributed by atoms with E-state index in [2.05, 4.69) is 15.3 Å². The van der Waals surface area contributed by atoms with E-state index in [1.807, 2.05) is 0 Å². The molecule has 2 rings (SSSR count). The molecule has 0 spiro atoms. The fourth-order valence-corrected chi connectivity index (χ4v) is 2.32. The zero-order valence-corrected chi connectivity index (χ0v) is 12.3. The van der Waals surface area contributed by atoms with Gasteiger partial charge in [0.25, 0.3) is 5.91 Å². The molecule has 1 aromatic rings. The summed E-state index contributed by atoms with van der Waals surface area (Å²) >= 11 is 0. The van der Waals surface area contributed by atoms with E-state index in [-0.39, 0.29) is 25.5 Å². The lowest BCUT2D eigenvalue weighted by atomic mass is 10.2. The Hall–Kier alpha value is -2.26. The number of aromatic nitrogens is 2. The Morgan fingerprint density at radius 1 is 1.32 bits per heavy atom. The fraction of sp³-hybridized carbons (Fsp3) is 0.538. The molecule has 0 radical (unpaired) electrons. The molecular weight excluding hydrogens is 290 g/mol. The van der Waals surface area contributed by atoms with Gasteiger partial charge in [-0.2, -0.15) is 0 Å². The summed E-state index contributed by atoms with van der Waals surface area (Å²) in [7, 11) is 1.68. The van der Waals surface area contributed by atoms with Crippen LogP contribution in [0.4, 0.5) is 5.95 Å². The van der Waals surface area contributed by atoms with Crippen LogP contribution < -0.4 is 5.32 Å². The number of nitrogens with zero attached hydrogens (tertiary/aromatic N) is 4. The Kier molecular flexibility index (Phi) is 5.23. The summed E-state index contributed by atoms with van der Waals surface area (Å²) in [5, 5.41) is 21.5. The van der Waals surface area contributed by atoms with Crippen molar-refractivity contribution in [3.63, 3.8) is 0 Å². The summed E-state index contributed by atoms with van der Waals surface area (Å²) in [5.41, 5.74) is 0.331. The van der Waals surface area contributed by atoms with Crippen LogP contribution in [0.5, 0.6) is 0 Å². The molecule has 0 aliphatic carbocycles. The number of rotatable bonds is 4. The lowest BCUT2D eigenvalue weighted by Crippen LogP contribution is -2.37. The number of aliphatic carboxylic acids is 1. The molecule has 1 saturated heterocycles. The first-order valence-electron chi connectivity index (χ1n) is 6.91. The van der Waals surface area contributed by atoms with Crippen LogP contribution in [0.2, 0.25) is 0 Å². The molecule has 1 fully saturated rings. The van der Waals surface area contributed by atoms with Crippen molar-refractivity contribution in [2.45, 2.75) is 6.10 Å². The predicted octanol–water partition coefficient (Wildman–Crippen LogP) is -1.28. The van der Waals surface area contributed by atoms with Crippen LogP contribution in [0.3, 0.4) is 0 Å². The molecule has 9 heteroatoms. The molecule has 9 nitrogen and oxygen atoms in total. The number of anilines is 1. The number of carbonyl (C=O) groups excluding carboxylic acids is 1. The first-order valence-corrected chi connectivity index (χ1v) is 6.91. The average Bonchev–Trinajstić information content (AvgIpc) is 2.67. The van der Waals surface area contributed by atoms with Gasteiger partial charge >= 0.3 is 5.97 Å². The third-order valence-corrected chi connectivity index (χ3v) is 3.35. The molecule has 0 saturated carbocycles. The summed E-state index contributed by atoms with van der Waals surface area (Å²) in [6.45, 7) is 0.967. The van der Waals surface area contributed by atoms with E-state index >= 15 is 0 Å². The smallest absolute Gasteiger partial charge is 0.317 e. The van der Waals surface area contributed by atoms with Crippen LogP contribution in [-0.2, 0) is 4.79 Å². The quantitative estimate of drug-likeness (QED) is 0.629. The molecule has 3 N–H and O–H groups in total. The van der Waals surface area contributed by atoms with E-state index < -0.39 is 12.1 Å². The van der Waals surface area contributed by atoms with E-state index in [0.29, 0.717) is 24.6 Å². The summed E-state index contributed by atoms with van der Waals surface area (Å²) in [4.78, 5) is 34.2. The standard InChI is InChI=1S/C13H19N5O4/c1-14-13-15-4-9(5-16-13)12(22)18-3-2-17(8-11(20)21)6-10(19)7-18/h4-5,10,19H,2-3,6-8H2,1H3,(H,20,21)(H,14,15,16)/t10-/m1/s1. The zero-order valence-electron chi connectivity index (χ0n) is 12.3. The fourth-order valence-electron chi connectivity index (χ4n) is 2.32. The highest BCUT2D eigenvalue weighted by Crippen LogP contribution is 2.09. The van der Waals surface area contributed by atoms with Gasteiger partial charge in [0.05, 0.1) is 18.2 Å². The van der Waals surface area contributed by atoms with Crippen LogP contribution in [0.15, 0.2) is 12.4 Å². The Bertz CT molecular complexity index is 536. The minimum Gasteiger partial charge on any atom is -0.480 e. The van der Waals surface area contributed by atoms with Crippen molar-refractivity contribution in [1.29, 1.82) is 0 Å². The van der Waals surface area contributed by atoms with Gasteiger partial charge in [0.1, 0.15) is 0 Å².